The van der Waals surface area contributed by atoms with Crippen molar-refractivity contribution < 1.29 is 23.9 Å². The van der Waals surface area contributed by atoms with Crippen LogP contribution in [0.1, 0.15) is 29.7 Å². The number of benzene rings is 1. The Labute approximate surface area is 149 Å². The summed E-state index contributed by atoms with van der Waals surface area (Å²) < 4.78 is 10.7. The van der Waals surface area contributed by atoms with Crippen LogP contribution in [0, 0.1) is 5.92 Å². The summed E-state index contributed by atoms with van der Waals surface area (Å²) >= 11 is 0. The molecule has 1 aliphatic carbocycles. The minimum absolute atomic E-state index is 0.0127. The lowest BCUT2D eigenvalue weighted by atomic mass is 10.0. The van der Waals surface area contributed by atoms with Gasteiger partial charge in [0, 0.05) is 5.56 Å². The first-order valence-electron chi connectivity index (χ1n) is 8.28. The van der Waals surface area contributed by atoms with Crippen LogP contribution >= 0.6 is 0 Å². The molecule has 0 radical (unpaired) electrons. The van der Waals surface area contributed by atoms with Gasteiger partial charge in [0.2, 0.25) is 0 Å². The van der Waals surface area contributed by atoms with Gasteiger partial charge in [0.05, 0.1) is 21.1 Å². The largest absolute Gasteiger partial charge is 0.464 e. The highest BCUT2D eigenvalue weighted by Gasteiger charge is 2.39. The Morgan fingerprint density at radius 3 is 2.32 bits per heavy atom. The molecule has 1 aromatic carbocycles. The van der Waals surface area contributed by atoms with E-state index >= 15 is 0 Å². The summed E-state index contributed by atoms with van der Waals surface area (Å²) in [7, 11) is 0.716. The quantitative estimate of drug-likeness (QED) is 0.322. The van der Waals surface area contributed by atoms with Gasteiger partial charge in [-0.15, -0.1) is 0 Å². The van der Waals surface area contributed by atoms with Crippen LogP contribution in [0.4, 0.5) is 0 Å². The van der Waals surface area contributed by atoms with Crippen LogP contribution in [-0.4, -0.2) is 39.9 Å². The molecule has 0 aromatic heterocycles. The van der Waals surface area contributed by atoms with E-state index in [1.54, 1.807) is 12.1 Å². The average molecular weight is 363 g/mol. The highest BCUT2D eigenvalue weighted by Crippen LogP contribution is 2.36. The first-order chi connectivity index (χ1) is 11.8. The molecule has 1 saturated carbocycles. The predicted octanol–water partition coefficient (Wildman–Crippen LogP) is 3.08. The van der Waals surface area contributed by atoms with Gasteiger partial charge in [-0.2, -0.15) is 0 Å². The average Bonchev–Trinajstić information content (AvgIpc) is 3.41. The number of hydrogen-bond donors (Lipinski definition) is 0. The zero-order chi connectivity index (χ0) is 18.6. The van der Waals surface area contributed by atoms with Crippen molar-refractivity contribution in [1.29, 1.82) is 0 Å². The van der Waals surface area contributed by atoms with E-state index in [9.17, 15) is 9.59 Å². The molecule has 1 fully saturated rings. The molecule has 0 saturated heterocycles. The van der Waals surface area contributed by atoms with Crippen LogP contribution in [0.5, 0.6) is 0 Å². The minimum atomic E-state index is -1.94. The number of nitrogens with zero attached hydrogens (tertiary/aromatic N) is 1. The standard InChI is InChI=1S/C18H25NO5Si/c1-22-17(21)15(19-23-2)13-8-6-7-9-14(13)18(25(3,4)5)24-16(20)12-10-11-12/h6-9,12,18H,10-11H2,1-5H3. The zero-order valence-corrected chi connectivity index (χ0v) is 16.4. The maximum atomic E-state index is 12.3. The van der Waals surface area contributed by atoms with Gasteiger partial charge in [0.1, 0.15) is 12.8 Å². The summed E-state index contributed by atoms with van der Waals surface area (Å²) in [5.74, 6) is -0.749. The first kappa shape index (κ1) is 19.2. The van der Waals surface area contributed by atoms with E-state index < -0.39 is 14.0 Å². The van der Waals surface area contributed by atoms with Gasteiger partial charge in [0.15, 0.2) is 5.71 Å². The molecule has 6 nitrogen and oxygen atoms in total. The molecule has 2 rings (SSSR count). The minimum Gasteiger partial charge on any atom is -0.464 e. The number of rotatable bonds is 7. The zero-order valence-electron chi connectivity index (χ0n) is 15.4. The molecule has 7 heteroatoms. The monoisotopic (exact) mass is 363 g/mol. The first-order valence-corrected chi connectivity index (χ1v) is 11.9. The highest BCUT2D eigenvalue weighted by atomic mass is 28.3. The smallest absolute Gasteiger partial charge is 0.360 e. The van der Waals surface area contributed by atoms with E-state index in [-0.39, 0.29) is 23.3 Å². The van der Waals surface area contributed by atoms with Crippen LogP contribution in [0.2, 0.25) is 19.6 Å². The maximum absolute atomic E-state index is 12.3. The molecule has 0 amide bonds. The van der Waals surface area contributed by atoms with Crippen molar-refractivity contribution in [2.45, 2.75) is 38.2 Å². The molecule has 25 heavy (non-hydrogen) atoms. The number of carbonyl (C=O) groups is 2. The van der Waals surface area contributed by atoms with E-state index in [1.807, 2.05) is 12.1 Å². The molecule has 1 aliphatic rings. The van der Waals surface area contributed by atoms with Gasteiger partial charge in [0.25, 0.3) is 0 Å². The fraction of sp³-hybridized carbons (Fsp3) is 0.500. The van der Waals surface area contributed by atoms with Crippen molar-refractivity contribution in [2.75, 3.05) is 14.2 Å². The Kier molecular flexibility index (Phi) is 6.00. The van der Waals surface area contributed by atoms with Crippen LogP contribution in [0.3, 0.4) is 0 Å². The van der Waals surface area contributed by atoms with Crippen LogP contribution in [0.15, 0.2) is 29.4 Å². The van der Waals surface area contributed by atoms with Crippen molar-refractivity contribution in [3.8, 4) is 0 Å². The molecule has 0 bridgehead atoms. The van der Waals surface area contributed by atoms with Crippen LogP contribution in [-0.2, 0) is 23.9 Å². The maximum Gasteiger partial charge on any atom is 0.360 e. The number of ether oxygens (including phenoxy) is 2. The molecule has 1 unspecified atom stereocenters. The van der Waals surface area contributed by atoms with Gasteiger partial charge < -0.3 is 14.3 Å². The van der Waals surface area contributed by atoms with Crippen LogP contribution in [0.25, 0.3) is 0 Å². The van der Waals surface area contributed by atoms with E-state index in [0.29, 0.717) is 5.56 Å². The lowest BCUT2D eigenvalue weighted by molar-refractivity contribution is -0.147. The topological polar surface area (TPSA) is 74.2 Å². The summed E-state index contributed by atoms with van der Waals surface area (Å²) in [4.78, 5) is 29.2. The number of oxime groups is 1. The van der Waals surface area contributed by atoms with Gasteiger partial charge in [-0.1, -0.05) is 49.1 Å². The number of hydrogen-bond acceptors (Lipinski definition) is 6. The Balaban J connectivity index is 2.49. The third-order valence-corrected chi connectivity index (χ3v) is 5.99. The van der Waals surface area contributed by atoms with Crippen molar-refractivity contribution in [2.24, 2.45) is 11.1 Å². The lowest BCUT2D eigenvalue weighted by Crippen LogP contribution is -2.36. The summed E-state index contributed by atoms with van der Waals surface area (Å²) in [5.41, 5.74) is 0.999. The fourth-order valence-electron chi connectivity index (χ4n) is 2.56. The van der Waals surface area contributed by atoms with E-state index in [2.05, 4.69) is 24.8 Å². The number of esters is 2. The molecule has 136 valence electrons. The second kappa shape index (κ2) is 7.82. The van der Waals surface area contributed by atoms with Gasteiger partial charge in [-0.25, -0.2) is 4.79 Å². The van der Waals surface area contributed by atoms with Crippen molar-refractivity contribution in [3.63, 3.8) is 0 Å². The molecule has 0 spiro atoms. The second-order valence-corrected chi connectivity index (χ2v) is 12.4. The summed E-state index contributed by atoms with van der Waals surface area (Å²) in [6.45, 7) is 6.37. The predicted molar refractivity (Wildman–Crippen MR) is 96.9 cm³/mol. The molecule has 0 aliphatic heterocycles. The van der Waals surface area contributed by atoms with E-state index in [4.69, 9.17) is 14.3 Å². The van der Waals surface area contributed by atoms with Gasteiger partial charge in [-0.3, -0.25) is 4.79 Å². The summed E-state index contributed by atoms with van der Waals surface area (Å²) in [6.07, 6.45) is 1.77. The van der Waals surface area contributed by atoms with Crippen LogP contribution < -0.4 is 0 Å². The Hall–Kier alpha value is -2.15. The molecule has 1 atom stereocenters. The van der Waals surface area contributed by atoms with E-state index in [1.165, 1.54) is 14.2 Å². The fourth-order valence-corrected chi connectivity index (χ4v) is 4.22. The molecule has 0 N–H and O–H groups in total. The number of carbonyl (C=O) groups excluding carboxylic acids is 2. The van der Waals surface area contributed by atoms with Crippen molar-refractivity contribution >= 4 is 25.7 Å². The summed E-state index contributed by atoms with van der Waals surface area (Å²) in [6, 6.07) is 7.30. The SMILES string of the molecule is CON=C(C(=O)OC)c1ccccc1C(OC(=O)C1CC1)[Si](C)(C)C. The van der Waals surface area contributed by atoms with Gasteiger partial charge in [-0.05, 0) is 18.4 Å². The highest BCUT2D eigenvalue weighted by molar-refractivity contribution is 6.77. The Morgan fingerprint density at radius 1 is 1.16 bits per heavy atom. The normalized spacial score (nSPS) is 16.1. The number of methoxy groups -OCH3 is 1. The van der Waals surface area contributed by atoms with E-state index in [0.717, 1.165) is 18.4 Å². The van der Waals surface area contributed by atoms with Crippen molar-refractivity contribution in [1.82, 2.24) is 0 Å². The molecule has 0 heterocycles. The third kappa shape index (κ3) is 4.69. The van der Waals surface area contributed by atoms with Crippen molar-refractivity contribution in [3.05, 3.63) is 35.4 Å². The third-order valence-electron chi connectivity index (χ3n) is 3.99. The Bertz CT molecular complexity index is 676. The lowest BCUT2D eigenvalue weighted by Gasteiger charge is -2.30. The second-order valence-electron chi connectivity index (χ2n) is 7.16. The molecule has 1 aromatic rings. The Morgan fingerprint density at radius 2 is 1.80 bits per heavy atom. The summed E-state index contributed by atoms with van der Waals surface area (Å²) in [5, 5.41) is 3.83. The molecular formula is C18H25NO5Si. The van der Waals surface area contributed by atoms with Gasteiger partial charge >= 0.3 is 11.9 Å². The molecular weight excluding hydrogens is 338 g/mol.